The second kappa shape index (κ2) is 34.7. The number of carbonyl (C=O) groups is 2. The number of carboxylic acid groups (broad SMARTS) is 1. The number of hydrogen-bond donors (Lipinski definition) is 2. The summed E-state index contributed by atoms with van der Waals surface area (Å²) < 4.78 is 4.78. The van der Waals surface area contributed by atoms with E-state index < -0.39 is 11.9 Å². The molecule has 0 spiro atoms. The Labute approximate surface area is 277 Å². The third-order valence-electron chi connectivity index (χ3n) is 8.16. The lowest BCUT2D eigenvalue weighted by Crippen LogP contribution is -2.23. The summed E-state index contributed by atoms with van der Waals surface area (Å²) in [5.41, 5.74) is 5.62. The Bertz CT molecular complexity index is 766. The van der Waals surface area contributed by atoms with Gasteiger partial charge >= 0.3 is 11.9 Å². The van der Waals surface area contributed by atoms with Crippen molar-refractivity contribution in [2.24, 2.45) is 10.7 Å². The van der Waals surface area contributed by atoms with Crippen molar-refractivity contribution in [3.05, 3.63) is 24.6 Å². The molecule has 0 fully saturated rings. The molecule has 0 aromatic heterocycles. The number of allylic oxidation sites excluding steroid dienone is 2. The van der Waals surface area contributed by atoms with Gasteiger partial charge in [-0.2, -0.15) is 0 Å². The molecule has 0 unspecified atom stereocenters. The molecule has 0 amide bonds. The van der Waals surface area contributed by atoms with Gasteiger partial charge in [0.1, 0.15) is 5.84 Å². The van der Waals surface area contributed by atoms with E-state index in [-0.39, 0.29) is 12.8 Å². The van der Waals surface area contributed by atoms with Crippen LogP contribution in [0, 0.1) is 0 Å². The van der Waals surface area contributed by atoms with E-state index in [1.807, 2.05) is 6.08 Å². The third-order valence-corrected chi connectivity index (χ3v) is 8.16. The Balaban J connectivity index is 0.000000884. The summed E-state index contributed by atoms with van der Waals surface area (Å²) in [4.78, 5) is 28.1. The van der Waals surface area contributed by atoms with E-state index in [4.69, 9.17) is 15.6 Å². The van der Waals surface area contributed by atoms with Crippen LogP contribution in [0.4, 0.5) is 0 Å². The van der Waals surface area contributed by atoms with Crippen LogP contribution in [0.5, 0.6) is 0 Å². The van der Waals surface area contributed by atoms with Gasteiger partial charge in [0, 0.05) is 19.2 Å². The number of rotatable bonds is 30. The smallest absolute Gasteiger partial charge is 0.311 e. The summed E-state index contributed by atoms with van der Waals surface area (Å²) in [6.07, 6.45) is 39.2. The monoisotopic (exact) mass is 634 g/mol. The lowest BCUT2D eigenvalue weighted by atomic mass is 10.0. The minimum absolute atomic E-state index is 0.0720. The Morgan fingerprint density at radius 2 is 1.20 bits per heavy atom. The van der Waals surface area contributed by atoms with Crippen LogP contribution < -0.4 is 5.73 Å². The van der Waals surface area contributed by atoms with Crippen molar-refractivity contribution in [2.45, 2.75) is 181 Å². The molecular weight excluding hydrogens is 562 g/mol. The molecule has 1 heterocycles. The number of nitrogens with two attached hydrogens (primary N) is 1. The van der Waals surface area contributed by atoms with Crippen LogP contribution in [0.2, 0.25) is 0 Å². The highest BCUT2D eigenvalue weighted by Gasteiger charge is 2.12. The van der Waals surface area contributed by atoms with E-state index in [9.17, 15) is 9.59 Å². The second-order valence-corrected chi connectivity index (χ2v) is 12.5. The molecular formula is C38H71N3O4. The minimum atomic E-state index is -0.982. The van der Waals surface area contributed by atoms with Gasteiger partial charge in [0.2, 0.25) is 0 Å². The maximum atomic E-state index is 11.1. The zero-order valence-corrected chi connectivity index (χ0v) is 29.5. The molecule has 7 nitrogen and oxygen atoms in total. The molecule has 0 saturated carbocycles. The molecule has 0 bridgehead atoms. The fourth-order valence-corrected chi connectivity index (χ4v) is 5.36. The van der Waals surface area contributed by atoms with Crippen molar-refractivity contribution in [2.75, 3.05) is 19.6 Å². The first kappa shape index (κ1) is 42.9. The molecule has 262 valence electrons. The molecule has 1 aliphatic heterocycles. The highest BCUT2D eigenvalue weighted by atomic mass is 16.5. The van der Waals surface area contributed by atoms with E-state index in [0.29, 0.717) is 6.54 Å². The first-order valence-corrected chi connectivity index (χ1v) is 18.8. The van der Waals surface area contributed by atoms with E-state index in [1.54, 1.807) is 0 Å². The number of nitrogens with zero attached hydrogens (tertiary/aromatic N) is 2. The Morgan fingerprint density at radius 1 is 0.733 bits per heavy atom. The fraction of sp³-hybridized carbons (Fsp3) is 0.816. The van der Waals surface area contributed by atoms with Gasteiger partial charge in [-0.15, -0.1) is 0 Å². The first-order chi connectivity index (χ1) is 22.0. The van der Waals surface area contributed by atoms with Gasteiger partial charge < -0.3 is 20.5 Å². The molecule has 0 aromatic carbocycles. The van der Waals surface area contributed by atoms with Crippen molar-refractivity contribution in [3.63, 3.8) is 0 Å². The lowest BCUT2D eigenvalue weighted by molar-refractivity contribution is -0.144. The number of carbonyl (C=O) groups excluding carboxylic acids is 1. The standard InChI is InChI=1S/C22H43N3.C16H28O4/c1-2-3-4-5-6-7-8-9-10-11-12-13-14-15-16-20-25-21-19-24-22(25)17-18-23;1-2-3-4-5-6-7-8-9-10-11-14-20-16(19)13-12-15(17)18/h16,20H,2-15,17-19,21,23H2,1H3;11,14H,2-10,12-13H2,1H3,(H,17,18). The summed E-state index contributed by atoms with van der Waals surface area (Å²) in [6, 6.07) is 0. The predicted molar refractivity (Wildman–Crippen MR) is 191 cm³/mol. The largest absolute Gasteiger partial charge is 0.481 e. The van der Waals surface area contributed by atoms with Gasteiger partial charge in [0.15, 0.2) is 0 Å². The van der Waals surface area contributed by atoms with Crippen LogP contribution in [0.15, 0.2) is 29.6 Å². The molecule has 0 aliphatic carbocycles. The summed E-state index contributed by atoms with van der Waals surface area (Å²) >= 11 is 0. The van der Waals surface area contributed by atoms with Crippen LogP contribution in [0.3, 0.4) is 0 Å². The van der Waals surface area contributed by atoms with Crippen molar-refractivity contribution in [1.29, 1.82) is 0 Å². The number of carboxylic acids is 1. The molecule has 1 rings (SSSR count). The van der Waals surface area contributed by atoms with Crippen molar-refractivity contribution in [1.82, 2.24) is 4.90 Å². The molecule has 0 radical (unpaired) electrons. The van der Waals surface area contributed by atoms with Crippen molar-refractivity contribution in [3.8, 4) is 0 Å². The maximum absolute atomic E-state index is 11.1. The summed E-state index contributed by atoms with van der Waals surface area (Å²) in [7, 11) is 0. The van der Waals surface area contributed by atoms with Gasteiger partial charge in [0.05, 0.1) is 25.6 Å². The van der Waals surface area contributed by atoms with Gasteiger partial charge in [-0.05, 0) is 38.3 Å². The Hall–Kier alpha value is -2.15. The maximum Gasteiger partial charge on any atom is 0.311 e. The fourth-order valence-electron chi connectivity index (χ4n) is 5.36. The number of hydrogen-bond acceptors (Lipinski definition) is 6. The van der Waals surface area contributed by atoms with E-state index in [2.05, 4.69) is 36.0 Å². The van der Waals surface area contributed by atoms with Gasteiger partial charge in [-0.25, -0.2) is 0 Å². The Kier molecular flexibility index (Phi) is 33.1. The molecule has 7 heteroatoms. The zero-order chi connectivity index (χ0) is 33.1. The second-order valence-electron chi connectivity index (χ2n) is 12.5. The quantitative estimate of drug-likeness (QED) is 0.0463. The number of amidine groups is 1. The first-order valence-electron chi connectivity index (χ1n) is 18.8. The van der Waals surface area contributed by atoms with Gasteiger partial charge in [0.25, 0.3) is 0 Å². The molecule has 0 atom stereocenters. The molecule has 45 heavy (non-hydrogen) atoms. The molecule has 3 N–H and O–H groups in total. The van der Waals surface area contributed by atoms with Gasteiger partial charge in [-0.3, -0.25) is 14.6 Å². The molecule has 0 aromatic rings. The molecule has 1 aliphatic rings. The Morgan fingerprint density at radius 3 is 1.67 bits per heavy atom. The van der Waals surface area contributed by atoms with E-state index in [1.165, 1.54) is 147 Å². The highest BCUT2D eigenvalue weighted by molar-refractivity contribution is 5.84. The number of aliphatic imine (C=N–C) groups is 1. The van der Waals surface area contributed by atoms with Crippen molar-refractivity contribution < 1.29 is 19.4 Å². The van der Waals surface area contributed by atoms with Crippen molar-refractivity contribution >= 4 is 17.8 Å². The number of unbranched alkanes of at least 4 members (excludes halogenated alkanes) is 21. The van der Waals surface area contributed by atoms with Gasteiger partial charge in [-0.1, -0.05) is 142 Å². The minimum Gasteiger partial charge on any atom is -0.481 e. The summed E-state index contributed by atoms with van der Waals surface area (Å²) in [6.45, 7) is 7.17. The number of aliphatic carboxylic acids is 1. The number of ether oxygens (including phenoxy) is 1. The number of esters is 1. The average molecular weight is 634 g/mol. The van der Waals surface area contributed by atoms with E-state index >= 15 is 0 Å². The van der Waals surface area contributed by atoms with E-state index in [0.717, 1.165) is 32.4 Å². The lowest BCUT2D eigenvalue weighted by Gasteiger charge is -2.14. The summed E-state index contributed by atoms with van der Waals surface area (Å²) in [5, 5.41) is 8.40. The summed E-state index contributed by atoms with van der Waals surface area (Å²) in [5.74, 6) is -0.298. The van der Waals surface area contributed by atoms with Crippen LogP contribution in [-0.2, 0) is 14.3 Å². The van der Waals surface area contributed by atoms with Crippen LogP contribution >= 0.6 is 0 Å². The van der Waals surface area contributed by atoms with Crippen LogP contribution in [-0.4, -0.2) is 47.4 Å². The third kappa shape index (κ3) is 31.6. The van der Waals surface area contributed by atoms with Crippen LogP contribution in [0.1, 0.15) is 181 Å². The zero-order valence-electron chi connectivity index (χ0n) is 29.5. The SMILES string of the molecule is CCCCCCCCCCC=COC(=O)CCC(=O)O.CCCCCCCCCCCCCCCC=CN1CCN=C1CCN. The highest BCUT2D eigenvalue weighted by Crippen LogP contribution is 2.14. The normalized spacial score (nSPS) is 13.0. The average Bonchev–Trinajstić information content (AvgIpc) is 3.48. The predicted octanol–water partition coefficient (Wildman–Crippen LogP) is 10.5. The topological polar surface area (TPSA) is 105 Å². The molecule has 0 saturated heterocycles. The van der Waals surface area contributed by atoms with Crippen LogP contribution in [0.25, 0.3) is 0 Å².